The Morgan fingerprint density at radius 2 is 1.31 bits per heavy atom. The van der Waals surface area contributed by atoms with Crippen LogP contribution in [0.1, 0.15) is 36.0 Å². The van der Waals surface area contributed by atoms with Crippen LogP contribution in [-0.4, -0.2) is 41.7 Å². The maximum Gasteiger partial charge on any atom is 0.271 e. The molecule has 0 saturated carbocycles. The van der Waals surface area contributed by atoms with E-state index < -0.39 is 23.6 Å². The Bertz CT molecular complexity index is 1230. The fourth-order valence-corrected chi connectivity index (χ4v) is 4.13. The molecule has 0 saturated heterocycles. The van der Waals surface area contributed by atoms with Crippen molar-refractivity contribution in [3.8, 4) is 0 Å². The third kappa shape index (κ3) is 10.4. The number of hydrogen-bond donors (Lipinski definition) is 5. The van der Waals surface area contributed by atoms with Gasteiger partial charge in [0.1, 0.15) is 11.8 Å². The smallest absolute Gasteiger partial charge is 0.271 e. The number of aryl methyl sites for hydroxylation is 1. The Balaban J connectivity index is 1.67. The van der Waals surface area contributed by atoms with E-state index in [1.54, 1.807) is 0 Å². The molecule has 0 aromatic heterocycles. The lowest BCUT2D eigenvalue weighted by molar-refractivity contribution is -0.127. The molecule has 0 aliphatic rings. The predicted molar refractivity (Wildman–Crippen MR) is 153 cm³/mol. The molecule has 0 fully saturated rings. The Labute approximate surface area is 229 Å². The summed E-state index contributed by atoms with van der Waals surface area (Å²) in [6.45, 7) is 0.435. The minimum Gasteiger partial charge on any atom is -0.352 e. The van der Waals surface area contributed by atoms with Gasteiger partial charge >= 0.3 is 0 Å². The first-order valence-electron chi connectivity index (χ1n) is 13.0. The average molecular weight is 526 g/mol. The van der Waals surface area contributed by atoms with E-state index in [2.05, 4.69) is 16.0 Å². The van der Waals surface area contributed by atoms with E-state index in [0.29, 0.717) is 32.0 Å². The van der Waals surface area contributed by atoms with Gasteiger partial charge in [-0.05, 0) is 36.0 Å². The summed E-state index contributed by atoms with van der Waals surface area (Å²) < 4.78 is 0. The monoisotopic (exact) mass is 525 g/mol. The van der Waals surface area contributed by atoms with Gasteiger partial charge in [0.2, 0.25) is 11.8 Å². The predicted octanol–water partition coefficient (Wildman–Crippen LogP) is 3.60. The molecule has 0 heterocycles. The highest BCUT2D eigenvalue weighted by molar-refractivity contribution is 6.59. The standard InChI is InChI=1S/C31H35N5O3/c32-21-27(33)30(38)36-28(20-24-12-6-2-7-13-24)31(39)35-26(17-16-23-10-4-1-5-11-23)18-19-29(37)34-22-25-14-8-3-9-15-25/h1-15,21,26,28,32-33H,16-20,22H2,(H,34,37)(H,35,39)(H,36,38)/t26-,28-/m0/s1. The average Bonchev–Trinajstić information content (AvgIpc) is 2.98. The van der Waals surface area contributed by atoms with E-state index in [1.807, 2.05) is 91.0 Å². The van der Waals surface area contributed by atoms with E-state index in [1.165, 1.54) is 0 Å². The zero-order chi connectivity index (χ0) is 27.9. The first-order chi connectivity index (χ1) is 18.9. The third-order valence-corrected chi connectivity index (χ3v) is 6.32. The number of carbonyl (C=O) groups is 3. The van der Waals surface area contributed by atoms with E-state index in [4.69, 9.17) is 10.8 Å². The van der Waals surface area contributed by atoms with Crippen LogP contribution in [0.4, 0.5) is 0 Å². The number of amides is 3. The van der Waals surface area contributed by atoms with Crippen molar-refractivity contribution < 1.29 is 14.4 Å². The largest absolute Gasteiger partial charge is 0.352 e. The lowest BCUT2D eigenvalue weighted by Crippen LogP contribution is -2.52. The van der Waals surface area contributed by atoms with Crippen molar-refractivity contribution in [2.45, 2.75) is 50.7 Å². The maximum absolute atomic E-state index is 13.4. The number of hydrogen-bond acceptors (Lipinski definition) is 5. The summed E-state index contributed by atoms with van der Waals surface area (Å²) in [5.41, 5.74) is 2.45. The molecular weight excluding hydrogens is 490 g/mol. The third-order valence-electron chi connectivity index (χ3n) is 6.32. The number of carbonyl (C=O) groups excluding carboxylic acids is 3. The van der Waals surface area contributed by atoms with Crippen LogP contribution < -0.4 is 16.0 Å². The van der Waals surface area contributed by atoms with Crippen molar-refractivity contribution in [1.82, 2.24) is 16.0 Å². The topological polar surface area (TPSA) is 135 Å². The van der Waals surface area contributed by atoms with Crippen LogP contribution >= 0.6 is 0 Å². The SMILES string of the molecule is N=CC(=N)C(=O)N[C@@H](Cc1ccccc1)C(=O)N[C@H](CCC(=O)NCc1ccccc1)CCc1ccccc1. The van der Waals surface area contributed by atoms with Crippen molar-refractivity contribution in [1.29, 1.82) is 10.8 Å². The minimum atomic E-state index is -0.939. The summed E-state index contributed by atoms with van der Waals surface area (Å²) in [5, 5.41) is 23.4. The van der Waals surface area contributed by atoms with Gasteiger partial charge in [0, 0.05) is 31.6 Å². The second-order valence-corrected chi connectivity index (χ2v) is 9.30. The van der Waals surface area contributed by atoms with Gasteiger partial charge in [-0.15, -0.1) is 0 Å². The molecule has 8 nitrogen and oxygen atoms in total. The highest BCUT2D eigenvalue weighted by Gasteiger charge is 2.25. The second-order valence-electron chi connectivity index (χ2n) is 9.30. The molecule has 3 amide bonds. The molecule has 3 aromatic rings. The van der Waals surface area contributed by atoms with Gasteiger partial charge in [0.15, 0.2) is 0 Å². The van der Waals surface area contributed by atoms with Crippen molar-refractivity contribution in [2.24, 2.45) is 0 Å². The Morgan fingerprint density at radius 3 is 1.90 bits per heavy atom. The molecule has 0 unspecified atom stereocenters. The van der Waals surface area contributed by atoms with Gasteiger partial charge in [-0.1, -0.05) is 91.0 Å². The molecule has 0 spiro atoms. The molecule has 2 atom stereocenters. The first-order valence-corrected chi connectivity index (χ1v) is 13.0. The number of benzene rings is 3. The summed E-state index contributed by atoms with van der Waals surface area (Å²) in [4.78, 5) is 38.4. The Kier molecular flexibility index (Phi) is 11.6. The quantitative estimate of drug-likeness (QED) is 0.194. The van der Waals surface area contributed by atoms with Gasteiger partial charge < -0.3 is 21.4 Å². The maximum atomic E-state index is 13.4. The zero-order valence-electron chi connectivity index (χ0n) is 21.9. The van der Waals surface area contributed by atoms with Gasteiger partial charge in [0.25, 0.3) is 5.91 Å². The van der Waals surface area contributed by atoms with Crippen molar-refractivity contribution in [2.75, 3.05) is 0 Å². The normalized spacial score (nSPS) is 12.0. The first kappa shape index (κ1) is 29.0. The van der Waals surface area contributed by atoms with E-state index in [-0.39, 0.29) is 24.8 Å². The Morgan fingerprint density at radius 1 is 0.744 bits per heavy atom. The lowest BCUT2D eigenvalue weighted by Gasteiger charge is -2.24. The second kappa shape index (κ2) is 15.6. The Hall–Kier alpha value is -4.59. The molecule has 0 radical (unpaired) electrons. The molecule has 202 valence electrons. The van der Waals surface area contributed by atoms with Gasteiger partial charge in [-0.3, -0.25) is 19.8 Å². The summed E-state index contributed by atoms with van der Waals surface area (Å²) in [7, 11) is 0. The van der Waals surface area contributed by atoms with E-state index in [0.717, 1.165) is 16.7 Å². The van der Waals surface area contributed by atoms with Crippen LogP contribution in [0, 0.1) is 10.8 Å². The molecule has 3 rings (SSSR count). The van der Waals surface area contributed by atoms with Gasteiger partial charge in [0.05, 0.1) is 0 Å². The number of nitrogens with one attached hydrogen (secondary N) is 5. The molecule has 3 aromatic carbocycles. The molecule has 0 bridgehead atoms. The summed E-state index contributed by atoms with van der Waals surface area (Å²) >= 11 is 0. The van der Waals surface area contributed by atoms with Crippen LogP contribution in [0.2, 0.25) is 0 Å². The highest BCUT2D eigenvalue weighted by Crippen LogP contribution is 2.11. The lowest BCUT2D eigenvalue weighted by atomic mass is 9.99. The van der Waals surface area contributed by atoms with Crippen LogP contribution in [0.25, 0.3) is 0 Å². The summed E-state index contributed by atoms with van der Waals surface area (Å²) in [5.74, 6) is -1.29. The van der Waals surface area contributed by atoms with Crippen molar-refractivity contribution >= 4 is 29.6 Å². The molecular formula is C31H35N5O3. The van der Waals surface area contributed by atoms with Crippen molar-refractivity contribution in [3.05, 3.63) is 108 Å². The van der Waals surface area contributed by atoms with Crippen LogP contribution in [0.5, 0.6) is 0 Å². The number of rotatable bonds is 15. The minimum absolute atomic E-state index is 0.105. The molecule has 0 aliphatic heterocycles. The molecule has 8 heteroatoms. The van der Waals surface area contributed by atoms with Crippen molar-refractivity contribution in [3.63, 3.8) is 0 Å². The highest BCUT2D eigenvalue weighted by atomic mass is 16.2. The van der Waals surface area contributed by atoms with Gasteiger partial charge in [-0.2, -0.15) is 0 Å². The molecule has 5 N–H and O–H groups in total. The fourth-order valence-electron chi connectivity index (χ4n) is 4.13. The molecule has 0 aliphatic carbocycles. The van der Waals surface area contributed by atoms with E-state index >= 15 is 0 Å². The summed E-state index contributed by atoms with van der Waals surface area (Å²) in [6.07, 6.45) is 2.87. The molecule has 39 heavy (non-hydrogen) atoms. The van der Waals surface area contributed by atoms with Crippen LogP contribution in [0.15, 0.2) is 91.0 Å². The fraction of sp³-hybridized carbons (Fsp3) is 0.258. The van der Waals surface area contributed by atoms with E-state index in [9.17, 15) is 14.4 Å². The van der Waals surface area contributed by atoms with Crippen LogP contribution in [0.3, 0.4) is 0 Å². The van der Waals surface area contributed by atoms with Crippen LogP contribution in [-0.2, 0) is 33.8 Å². The summed E-state index contributed by atoms with van der Waals surface area (Å²) in [6, 6.07) is 27.6. The zero-order valence-corrected chi connectivity index (χ0v) is 21.9. The van der Waals surface area contributed by atoms with Gasteiger partial charge in [-0.25, -0.2) is 0 Å².